The Morgan fingerprint density at radius 2 is 1.83 bits per heavy atom. The van der Waals surface area contributed by atoms with Gasteiger partial charge in [-0.05, 0) is 41.8 Å². The van der Waals surface area contributed by atoms with Crippen LogP contribution in [0.1, 0.15) is 17.5 Å². The molecule has 156 valence electrons. The molecule has 2 heterocycles. The molecular formula is C23H30N2O4. The molecule has 0 amide bonds. The van der Waals surface area contributed by atoms with Gasteiger partial charge in [0, 0.05) is 45.4 Å². The lowest BCUT2D eigenvalue weighted by atomic mass is 10.1. The molecule has 1 N–H and O–H groups in total. The monoisotopic (exact) mass is 398 g/mol. The maximum Gasteiger partial charge on any atom is 0.161 e. The SMILES string of the molecule is COc1cccc(CN2CCN(Cc3ccc4c(c3)OCCO4)C[C@H]2CCO)c1. The van der Waals surface area contributed by atoms with E-state index < -0.39 is 0 Å². The summed E-state index contributed by atoms with van der Waals surface area (Å²) in [6.45, 7) is 6.11. The highest BCUT2D eigenvalue weighted by molar-refractivity contribution is 5.43. The zero-order valence-electron chi connectivity index (χ0n) is 17.0. The molecule has 0 bridgehead atoms. The Labute approximate surface area is 172 Å². The van der Waals surface area contributed by atoms with Crippen LogP contribution in [0.15, 0.2) is 42.5 Å². The van der Waals surface area contributed by atoms with Gasteiger partial charge in [0.1, 0.15) is 19.0 Å². The fraction of sp³-hybridized carbons (Fsp3) is 0.478. The van der Waals surface area contributed by atoms with Crippen LogP contribution in [0.3, 0.4) is 0 Å². The van der Waals surface area contributed by atoms with Crippen molar-refractivity contribution in [3.8, 4) is 17.2 Å². The second-order valence-corrected chi connectivity index (χ2v) is 7.70. The van der Waals surface area contributed by atoms with Crippen molar-refractivity contribution in [3.05, 3.63) is 53.6 Å². The summed E-state index contributed by atoms with van der Waals surface area (Å²) in [6, 6.07) is 14.8. The van der Waals surface area contributed by atoms with Crippen molar-refractivity contribution in [2.24, 2.45) is 0 Å². The van der Waals surface area contributed by atoms with Gasteiger partial charge >= 0.3 is 0 Å². The fourth-order valence-corrected chi connectivity index (χ4v) is 4.18. The average Bonchev–Trinajstić information content (AvgIpc) is 2.76. The summed E-state index contributed by atoms with van der Waals surface area (Å²) >= 11 is 0. The van der Waals surface area contributed by atoms with Gasteiger partial charge in [-0.15, -0.1) is 0 Å². The van der Waals surface area contributed by atoms with E-state index in [0.717, 1.165) is 56.4 Å². The molecule has 2 aliphatic rings. The van der Waals surface area contributed by atoms with Crippen LogP contribution < -0.4 is 14.2 Å². The molecule has 4 rings (SSSR count). The molecule has 1 fully saturated rings. The van der Waals surface area contributed by atoms with Crippen LogP contribution in [0.2, 0.25) is 0 Å². The van der Waals surface area contributed by atoms with Crippen molar-refractivity contribution < 1.29 is 19.3 Å². The van der Waals surface area contributed by atoms with Crippen molar-refractivity contribution in [1.29, 1.82) is 0 Å². The predicted octanol–water partition coefficient (Wildman–Crippen LogP) is 2.54. The number of aliphatic hydroxyl groups is 1. The molecule has 0 aliphatic carbocycles. The minimum Gasteiger partial charge on any atom is -0.497 e. The van der Waals surface area contributed by atoms with Gasteiger partial charge in [-0.3, -0.25) is 9.80 Å². The number of ether oxygens (including phenoxy) is 3. The summed E-state index contributed by atoms with van der Waals surface area (Å²) in [5.41, 5.74) is 2.48. The number of fused-ring (bicyclic) bond motifs is 1. The molecule has 2 aromatic rings. The van der Waals surface area contributed by atoms with E-state index in [1.165, 1.54) is 11.1 Å². The van der Waals surface area contributed by atoms with Gasteiger partial charge < -0.3 is 19.3 Å². The van der Waals surface area contributed by atoms with Crippen LogP contribution >= 0.6 is 0 Å². The summed E-state index contributed by atoms with van der Waals surface area (Å²) < 4.78 is 16.7. The zero-order valence-corrected chi connectivity index (χ0v) is 17.0. The van der Waals surface area contributed by atoms with Crippen molar-refractivity contribution >= 4 is 0 Å². The highest BCUT2D eigenvalue weighted by Crippen LogP contribution is 2.31. The Kier molecular flexibility index (Phi) is 6.54. The Morgan fingerprint density at radius 3 is 2.66 bits per heavy atom. The van der Waals surface area contributed by atoms with Crippen LogP contribution in [0.5, 0.6) is 17.2 Å². The number of piperazine rings is 1. The van der Waals surface area contributed by atoms with Gasteiger partial charge in [-0.1, -0.05) is 18.2 Å². The average molecular weight is 399 g/mol. The number of nitrogens with zero attached hydrogens (tertiary/aromatic N) is 2. The fourth-order valence-electron chi connectivity index (χ4n) is 4.18. The van der Waals surface area contributed by atoms with Crippen molar-refractivity contribution in [1.82, 2.24) is 9.80 Å². The highest BCUT2D eigenvalue weighted by Gasteiger charge is 2.27. The maximum absolute atomic E-state index is 9.60. The summed E-state index contributed by atoms with van der Waals surface area (Å²) in [7, 11) is 1.70. The standard InChI is InChI=1S/C23H30N2O4/c1-27-21-4-2-3-18(13-21)16-25-9-8-24(17-20(25)7-10-26)15-19-5-6-22-23(14-19)29-12-11-28-22/h2-6,13-14,20,26H,7-12,15-17H2,1H3/t20-/m1/s1. The minimum absolute atomic E-state index is 0.205. The molecule has 1 saturated heterocycles. The second kappa shape index (κ2) is 9.48. The van der Waals surface area contributed by atoms with Gasteiger partial charge in [0.2, 0.25) is 0 Å². The first kappa shape index (κ1) is 20.0. The molecule has 2 aromatic carbocycles. The quantitative estimate of drug-likeness (QED) is 0.774. The molecule has 0 unspecified atom stereocenters. The Hall–Kier alpha value is -2.28. The first-order chi connectivity index (χ1) is 14.2. The molecule has 6 heteroatoms. The summed E-state index contributed by atoms with van der Waals surface area (Å²) in [6.07, 6.45) is 0.779. The third-order valence-corrected chi connectivity index (χ3v) is 5.68. The Balaban J connectivity index is 1.39. The molecule has 2 aliphatic heterocycles. The van der Waals surface area contributed by atoms with E-state index in [9.17, 15) is 5.11 Å². The lowest BCUT2D eigenvalue weighted by Gasteiger charge is -2.41. The van der Waals surface area contributed by atoms with Crippen molar-refractivity contribution in [3.63, 3.8) is 0 Å². The Bertz CT molecular complexity index is 813. The van der Waals surface area contributed by atoms with Crippen LogP contribution in [-0.4, -0.2) is 67.5 Å². The lowest BCUT2D eigenvalue weighted by molar-refractivity contribution is 0.0498. The summed E-state index contributed by atoms with van der Waals surface area (Å²) in [4.78, 5) is 4.94. The Morgan fingerprint density at radius 1 is 1.00 bits per heavy atom. The molecule has 29 heavy (non-hydrogen) atoms. The number of hydrogen-bond donors (Lipinski definition) is 1. The van der Waals surface area contributed by atoms with Crippen LogP contribution in [0.4, 0.5) is 0 Å². The largest absolute Gasteiger partial charge is 0.497 e. The molecule has 0 radical (unpaired) electrons. The van der Waals surface area contributed by atoms with Gasteiger partial charge in [0.15, 0.2) is 11.5 Å². The van der Waals surface area contributed by atoms with Gasteiger partial charge in [0.25, 0.3) is 0 Å². The van der Waals surface area contributed by atoms with Gasteiger partial charge in [0.05, 0.1) is 7.11 Å². The van der Waals surface area contributed by atoms with Crippen LogP contribution in [0, 0.1) is 0 Å². The van der Waals surface area contributed by atoms with E-state index in [1.54, 1.807) is 7.11 Å². The number of aliphatic hydroxyl groups excluding tert-OH is 1. The molecule has 0 aromatic heterocycles. The number of hydrogen-bond acceptors (Lipinski definition) is 6. The van der Waals surface area contributed by atoms with Crippen molar-refractivity contribution in [2.45, 2.75) is 25.6 Å². The van der Waals surface area contributed by atoms with Gasteiger partial charge in [-0.25, -0.2) is 0 Å². The predicted molar refractivity (Wildman–Crippen MR) is 112 cm³/mol. The van der Waals surface area contributed by atoms with E-state index in [2.05, 4.69) is 34.1 Å². The summed E-state index contributed by atoms with van der Waals surface area (Å²) in [5.74, 6) is 2.57. The second-order valence-electron chi connectivity index (χ2n) is 7.70. The summed E-state index contributed by atoms with van der Waals surface area (Å²) in [5, 5.41) is 9.60. The molecule has 1 atom stereocenters. The van der Waals surface area contributed by atoms with E-state index in [1.807, 2.05) is 18.2 Å². The third-order valence-electron chi connectivity index (χ3n) is 5.68. The van der Waals surface area contributed by atoms with Gasteiger partial charge in [-0.2, -0.15) is 0 Å². The minimum atomic E-state index is 0.205. The smallest absolute Gasteiger partial charge is 0.161 e. The molecule has 6 nitrogen and oxygen atoms in total. The first-order valence-electron chi connectivity index (χ1n) is 10.3. The van der Waals surface area contributed by atoms with Crippen LogP contribution in [-0.2, 0) is 13.1 Å². The number of methoxy groups -OCH3 is 1. The first-order valence-corrected chi connectivity index (χ1v) is 10.3. The lowest BCUT2D eigenvalue weighted by Crippen LogP contribution is -2.52. The highest BCUT2D eigenvalue weighted by atomic mass is 16.6. The van der Waals surface area contributed by atoms with E-state index in [-0.39, 0.29) is 6.61 Å². The molecular weight excluding hydrogens is 368 g/mol. The van der Waals surface area contributed by atoms with Crippen molar-refractivity contribution in [2.75, 3.05) is 46.6 Å². The molecule has 0 spiro atoms. The molecule has 0 saturated carbocycles. The van der Waals surface area contributed by atoms with E-state index in [0.29, 0.717) is 19.3 Å². The number of benzene rings is 2. The maximum atomic E-state index is 9.60. The third kappa shape index (κ3) is 5.01. The van der Waals surface area contributed by atoms with E-state index >= 15 is 0 Å². The topological polar surface area (TPSA) is 54.4 Å². The number of rotatable bonds is 7. The zero-order chi connectivity index (χ0) is 20.1. The van der Waals surface area contributed by atoms with Crippen LogP contribution in [0.25, 0.3) is 0 Å². The van der Waals surface area contributed by atoms with E-state index in [4.69, 9.17) is 14.2 Å². The normalized spacial score (nSPS) is 19.9.